The number of aryl methyl sites for hydroxylation is 2. The second-order valence-electron chi connectivity index (χ2n) is 8.32. The van der Waals surface area contributed by atoms with Crippen LogP contribution in [0.25, 0.3) is 11.0 Å². The maximum Gasteiger partial charge on any atom is 0.251 e. The molecule has 2 atom stereocenters. The Morgan fingerprint density at radius 2 is 1.67 bits per heavy atom. The monoisotopic (exact) mass is 443 g/mol. The van der Waals surface area contributed by atoms with Crippen molar-refractivity contribution in [3.8, 4) is 5.75 Å². The molecule has 1 aromatic heterocycles. The van der Waals surface area contributed by atoms with Crippen LogP contribution in [0.1, 0.15) is 40.3 Å². The molecule has 0 saturated heterocycles. The molecule has 170 valence electrons. The number of ether oxygens (including phenoxy) is 1. The number of aliphatic hydroxyl groups is 1. The van der Waals surface area contributed by atoms with Crippen LogP contribution in [-0.4, -0.2) is 33.3 Å². The molecule has 0 saturated carbocycles. The van der Waals surface area contributed by atoms with E-state index in [-0.39, 0.29) is 18.6 Å². The smallest absolute Gasteiger partial charge is 0.251 e. The molecule has 0 aliphatic heterocycles. The van der Waals surface area contributed by atoms with Crippen LogP contribution >= 0.6 is 0 Å². The number of nitrogens with one attached hydrogen (secondary N) is 1. The summed E-state index contributed by atoms with van der Waals surface area (Å²) in [6.45, 7) is 6.34. The average molecular weight is 444 g/mol. The van der Waals surface area contributed by atoms with Gasteiger partial charge < -0.3 is 19.7 Å². The number of para-hydroxylation sites is 3. The molecule has 6 nitrogen and oxygen atoms in total. The molecule has 33 heavy (non-hydrogen) atoms. The van der Waals surface area contributed by atoms with Gasteiger partial charge >= 0.3 is 0 Å². The molecule has 0 unspecified atom stereocenters. The van der Waals surface area contributed by atoms with Crippen molar-refractivity contribution in [3.63, 3.8) is 0 Å². The highest BCUT2D eigenvalue weighted by Crippen LogP contribution is 2.24. The third-order valence-corrected chi connectivity index (χ3v) is 5.68. The van der Waals surface area contributed by atoms with Gasteiger partial charge in [0.25, 0.3) is 5.91 Å². The SMILES string of the molecule is Cc1cccc(C)c1OC[C@H](O)Cn1c([C@@H](C)NC(=O)c2ccccc2)nc2ccccc21. The Labute approximate surface area is 193 Å². The summed E-state index contributed by atoms with van der Waals surface area (Å²) in [7, 11) is 0. The van der Waals surface area contributed by atoms with E-state index in [0.717, 1.165) is 27.9 Å². The zero-order valence-corrected chi connectivity index (χ0v) is 19.2. The zero-order valence-electron chi connectivity index (χ0n) is 19.2. The van der Waals surface area contributed by atoms with Crippen molar-refractivity contribution in [1.29, 1.82) is 0 Å². The topological polar surface area (TPSA) is 76.4 Å². The number of rotatable bonds is 8. The molecule has 0 bridgehead atoms. The lowest BCUT2D eigenvalue weighted by molar-refractivity contribution is 0.0902. The number of aliphatic hydroxyl groups excluding tert-OH is 1. The molecular weight excluding hydrogens is 414 g/mol. The summed E-state index contributed by atoms with van der Waals surface area (Å²) in [5.41, 5.74) is 4.38. The van der Waals surface area contributed by atoms with E-state index in [1.54, 1.807) is 12.1 Å². The first-order valence-electron chi connectivity index (χ1n) is 11.1. The lowest BCUT2D eigenvalue weighted by Gasteiger charge is -2.20. The van der Waals surface area contributed by atoms with Crippen LogP contribution in [-0.2, 0) is 6.54 Å². The molecule has 0 spiro atoms. The van der Waals surface area contributed by atoms with Gasteiger partial charge in [-0.25, -0.2) is 4.98 Å². The van der Waals surface area contributed by atoms with Crippen LogP contribution in [0, 0.1) is 13.8 Å². The van der Waals surface area contributed by atoms with Gasteiger partial charge in [-0.3, -0.25) is 4.79 Å². The number of carbonyl (C=O) groups excluding carboxylic acids is 1. The van der Waals surface area contributed by atoms with Gasteiger partial charge in [0.15, 0.2) is 0 Å². The number of benzene rings is 3. The molecule has 1 amide bonds. The third-order valence-electron chi connectivity index (χ3n) is 5.68. The van der Waals surface area contributed by atoms with Crippen molar-refractivity contribution >= 4 is 16.9 Å². The van der Waals surface area contributed by atoms with E-state index < -0.39 is 6.10 Å². The van der Waals surface area contributed by atoms with Gasteiger partial charge in [0, 0.05) is 5.56 Å². The van der Waals surface area contributed by atoms with E-state index in [1.807, 2.05) is 86.0 Å². The second-order valence-corrected chi connectivity index (χ2v) is 8.32. The summed E-state index contributed by atoms with van der Waals surface area (Å²) in [6, 6.07) is 22.5. The average Bonchev–Trinajstić information content (AvgIpc) is 3.18. The van der Waals surface area contributed by atoms with Gasteiger partial charge in [-0.05, 0) is 56.2 Å². The highest BCUT2D eigenvalue weighted by Gasteiger charge is 2.21. The fourth-order valence-corrected chi connectivity index (χ4v) is 4.02. The first-order valence-corrected chi connectivity index (χ1v) is 11.1. The van der Waals surface area contributed by atoms with E-state index in [0.29, 0.717) is 17.9 Å². The second kappa shape index (κ2) is 9.88. The van der Waals surface area contributed by atoms with E-state index in [2.05, 4.69) is 5.32 Å². The minimum Gasteiger partial charge on any atom is -0.490 e. The first kappa shape index (κ1) is 22.6. The van der Waals surface area contributed by atoms with Crippen LogP contribution in [0.5, 0.6) is 5.75 Å². The van der Waals surface area contributed by atoms with E-state index >= 15 is 0 Å². The largest absolute Gasteiger partial charge is 0.490 e. The number of hydrogen-bond donors (Lipinski definition) is 2. The summed E-state index contributed by atoms with van der Waals surface area (Å²) >= 11 is 0. The maximum atomic E-state index is 12.7. The van der Waals surface area contributed by atoms with E-state index in [9.17, 15) is 9.90 Å². The molecule has 2 N–H and O–H groups in total. The van der Waals surface area contributed by atoms with Crippen molar-refractivity contribution in [2.24, 2.45) is 0 Å². The lowest BCUT2D eigenvalue weighted by Crippen LogP contribution is -2.31. The standard InChI is InChI=1S/C27H29N3O3/c1-18-10-9-11-19(2)25(18)33-17-22(31)16-30-24-15-8-7-14-23(24)29-26(30)20(3)28-27(32)21-12-5-4-6-13-21/h4-15,20,22,31H,16-17H2,1-3H3,(H,28,32)/t20-,22-/m1/s1. The van der Waals surface area contributed by atoms with Crippen LogP contribution in [0.15, 0.2) is 72.8 Å². The van der Waals surface area contributed by atoms with Gasteiger partial charge in [-0.15, -0.1) is 0 Å². The van der Waals surface area contributed by atoms with E-state index in [1.165, 1.54) is 0 Å². The van der Waals surface area contributed by atoms with Crippen molar-refractivity contribution in [3.05, 3.63) is 95.3 Å². The first-order chi connectivity index (χ1) is 15.9. The predicted octanol–water partition coefficient (Wildman–Crippen LogP) is 4.58. The molecule has 4 aromatic rings. The van der Waals surface area contributed by atoms with Crippen molar-refractivity contribution < 1.29 is 14.6 Å². The minimum atomic E-state index is -0.752. The summed E-state index contributed by atoms with van der Waals surface area (Å²) in [6.07, 6.45) is -0.752. The van der Waals surface area contributed by atoms with E-state index in [4.69, 9.17) is 9.72 Å². The Bertz CT molecular complexity index is 1230. The summed E-state index contributed by atoms with van der Waals surface area (Å²) in [5, 5.41) is 13.9. The Balaban J connectivity index is 1.54. The molecule has 0 aliphatic rings. The highest BCUT2D eigenvalue weighted by molar-refractivity contribution is 5.94. The van der Waals surface area contributed by atoms with Crippen LogP contribution in [0.2, 0.25) is 0 Å². The van der Waals surface area contributed by atoms with Crippen molar-refractivity contribution in [1.82, 2.24) is 14.9 Å². The molecule has 4 rings (SSSR count). The van der Waals surface area contributed by atoms with Gasteiger partial charge in [0.1, 0.15) is 24.3 Å². The molecule has 3 aromatic carbocycles. The van der Waals surface area contributed by atoms with Gasteiger partial charge in [-0.1, -0.05) is 48.5 Å². The molecule has 0 radical (unpaired) electrons. The van der Waals surface area contributed by atoms with Gasteiger partial charge in [0.05, 0.1) is 23.6 Å². The Kier molecular flexibility index (Phi) is 6.75. The highest BCUT2D eigenvalue weighted by atomic mass is 16.5. The third kappa shape index (κ3) is 5.07. The zero-order chi connectivity index (χ0) is 23.4. The Hall–Kier alpha value is -3.64. The number of fused-ring (bicyclic) bond motifs is 1. The van der Waals surface area contributed by atoms with Gasteiger partial charge in [0.2, 0.25) is 0 Å². The number of carbonyl (C=O) groups is 1. The summed E-state index contributed by atoms with van der Waals surface area (Å²) in [5.74, 6) is 1.32. The normalized spacial score (nSPS) is 13.0. The lowest BCUT2D eigenvalue weighted by atomic mass is 10.1. The quantitative estimate of drug-likeness (QED) is 0.418. The number of imidazole rings is 1. The van der Waals surface area contributed by atoms with Crippen LogP contribution in [0.4, 0.5) is 0 Å². The molecule has 0 aliphatic carbocycles. The van der Waals surface area contributed by atoms with Gasteiger partial charge in [-0.2, -0.15) is 0 Å². The number of nitrogens with zero attached hydrogens (tertiary/aromatic N) is 2. The maximum absolute atomic E-state index is 12.7. The molecule has 1 heterocycles. The van der Waals surface area contributed by atoms with Crippen LogP contribution < -0.4 is 10.1 Å². The summed E-state index contributed by atoms with van der Waals surface area (Å²) in [4.78, 5) is 17.4. The minimum absolute atomic E-state index is 0.155. The number of aromatic nitrogens is 2. The molecule has 6 heteroatoms. The van der Waals surface area contributed by atoms with Crippen LogP contribution in [0.3, 0.4) is 0 Å². The predicted molar refractivity (Wildman–Crippen MR) is 129 cm³/mol. The number of amides is 1. The van der Waals surface area contributed by atoms with Crippen molar-refractivity contribution in [2.75, 3.05) is 6.61 Å². The Morgan fingerprint density at radius 1 is 1.00 bits per heavy atom. The summed E-state index contributed by atoms with van der Waals surface area (Å²) < 4.78 is 7.92. The molecular formula is C27H29N3O3. The fraction of sp³-hybridized carbons (Fsp3) is 0.259. The fourth-order valence-electron chi connectivity index (χ4n) is 4.02. The number of hydrogen-bond acceptors (Lipinski definition) is 4. The van der Waals surface area contributed by atoms with Crippen molar-refractivity contribution in [2.45, 2.75) is 39.5 Å². The Morgan fingerprint density at radius 3 is 2.39 bits per heavy atom. The molecule has 0 fully saturated rings.